The van der Waals surface area contributed by atoms with Gasteiger partial charge in [-0.05, 0) is 19.1 Å². The fraction of sp³-hybridized carbons (Fsp3) is 0.250. The van der Waals surface area contributed by atoms with E-state index in [1.165, 1.54) is 10.4 Å². The Hall–Kier alpha value is -2.14. The van der Waals surface area contributed by atoms with Crippen LogP contribution in [0.1, 0.15) is 22.2 Å². The molecule has 2 aromatic heterocycles. The fourth-order valence-corrected chi connectivity index (χ4v) is 3.67. The van der Waals surface area contributed by atoms with Crippen molar-refractivity contribution in [2.45, 2.75) is 12.8 Å². The predicted molar refractivity (Wildman–Crippen MR) is 85.5 cm³/mol. The summed E-state index contributed by atoms with van der Waals surface area (Å²) in [6.07, 6.45) is 0. The number of nitrogens with zero attached hydrogens (tertiary/aromatic N) is 2. The SMILES string of the molecule is CNc1nc(C2COc3ccccc32)nc2sc(C)cc12. The monoisotopic (exact) mass is 297 g/mol. The molecular formula is C16H15N3OS. The van der Waals surface area contributed by atoms with Crippen LogP contribution in [-0.2, 0) is 0 Å². The second-order valence-corrected chi connectivity index (χ2v) is 6.39. The minimum atomic E-state index is 0.111. The van der Waals surface area contributed by atoms with Gasteiger partial charge in [-0.1, -0.05) is 18.2 Å². The van der Waals surface area contributed by atoms with Gasteiger partial charge in [0.1, 0.15) is 28.8 Å². The number of anilines is 1. The van der Waals surface area contributed by atoms with Crippen molar-refractivity contribution in [1.82, 2.24) is 9.97 Å². The van der Waals surface area contributed by atoms with Gasteiger partial charge < -0.3 is 10.1 Å². The molecule has 1 aromatic carbocycles. The van der Waals surface area contributed by atoms with Gasteiger partial charge in [0.2, 0.25) is 0 Å². The van der Waals surface area contributed by atoms with E-state index in [0.717, 1.165) is 27.6 Å². The molecule has 1 unspecified atom stereocenters. The zero-order valence-corrected chi connectivity index (χ0v) is 12.7. The molecule has 0 radical (unpaired) electrons. The molecule has 1 aliphatic rings. The Labute approximate surface area is 126 Å². The van der Waals surface area contributed by atoms with E-state index >= 15 is 0 Å². The number of ether oxygens (including phenoxy) is 1. The molecule has 106 valence electrons. The molecule has 4 nitrogen and oxygen atoms in total. The van der Waals surface area contributed by atoms with Crippen molar-refractivity contribution in [2.75, 3.05) is 19.0 Å². The van der Waals surface area contributed by atoms with E-state index in [9.17, 15) is 0 Å². The van der Waals surface area contributed by atoms with E-state index < -0.39 is 0 Å². The van der Waals surface area contributed by atoms with Crippen LogP contribution < -0.4 is 10.1 Å². The molecule has 0 saturated carbocycles. The van der Waals surface area contributed by atoms with Crippen LogP contribution in [0.25, 0.3) is 10.2 Å². The largest absolute Gasteiger partial charge is 0.492 e. The first-order chi connectivity index (χ1) is 10.3. The van der Waals surface area contributed by atoms with Crippen LogP contribution in [0, 0.1) is 6.92 Å². The Balaban J connectivity index is 1.88. The van der Waals surface area contributed by atoms with Crippen LogP contribution in [-0.4, -0.2) is 23.6 Å². The summed E-state index contributed by atoms with van der Waals surface area (Å²) in [5.41, 5.74) is 1.17. The molecule has 0 aliphatic carbocycles. The molecule has 0 fully saturated rings. The summed E-state index contributed by atoms with van der Waals surface area (Å²) in [5.74, 6) is 2.78. The molecule has 0 saturated heterocycles. The van der Waals surface area contributed by atoms with E-state index in [4.69, 9.17) is 14.7 Å². The normalized spacial score (nSPS) is 16.8. The van der Waals surface area contributed by atoms with Crippen LogP contribution in [0.4, 0.5) is 5.82 Å². The molecule has 0 amide bonds. The first-order valence-corrected chi connectivity index (χ1v) is 7.75. The highest BCUT2D eigenvalue weighted by atomic mass is 32.1. The lowest BCUT2D eigenvalue weighted by Gasteiger charge is -2.10. The van der Waals surface area contributed by atoms with Gasteiger partial charge in [0.15, 0.2) is 0 Å². The zero-order valence-electron chi connectivity index (χ0n) is 11.9. The predicted octanol–water partition coefficient (Wildman–Crippen LogP) is 3.57. The highest BCUT2D eigenvalue weighted by Crippen LogP contribution is 2.38. The second-order valence-electron chi connectivity index (χ2n) is 5.16. The summed E-state index contributed by atoms with van der Waals surface area (Å²) in [7, 11) is 1.90. The molecule has 4 rings (SSSR count). The van der Waals surface area contributed by atoms with Crippen LogP contribution >= 0.6 is 11.3 Å². The van der Waals surface area contributed by atoms with Crippen molar-refractivity contribution in [1.29, 1.82) is 0 Å². The van der Waals surface area contributed by atoms with Gasteiger partial charge in [-0.3, -0.25) is 0 Å². The van der Waals surface area contributed by atoms with Crippen LogP contribution in [0.2, 0.25) is 0 Å². The molecule has 5 heteroatoms. The molecule has 3 heterocycles. The third-order valence-electron chi connectivity index (χ3n) is 3.78. The molecule has 3 aromatic rings. The summed E-state index contributed by atoms with van der Waals surface area (Å²) in [6, 6.07) is 10.3. The van der Waals surface area contributed by atoms with E-state index in [0.29, 0.717) is 6.61 Å². The molecule has 1 aliphatic heterocycles. The molecule has 0 bridgehead atoms. The second kappa shape index (κ2) is 4.70. The van der Waals surface area contributed by atoms with Crippen LogP contribution in [0.3, 0.4) is 0 Å². The fourth-order valence-electron chi connectivity index (χ4n) is 2.78. The van der Waals surface area contributed by atoms with Crippen molar-refractivity contribution < 1.29 is 4.74 Å². The summed E-state index contributed by atoms with van der Waals surface area (Å²) >= 11 is 1.70. The molecule has 1 atom stereocenters. The first kappa shape index (κ1) is 12.6. The van der Waals surface area contributed by atoms with Crippen LogP contribution in [0.5, 0.6) is 5.75 Å². The highest BCUT2D eigenvalue weighted by molar-refractivity contribution is 7.18. The summed E-state index contributed by atoms with van der Waals surface area (Å²) in [4.78, 5) is 11.8. The Bertz CT molecular complexity index is 828. The minimum Gasteiger partial charge on any atom is -0.492 e. The van der Waals surface area contributed by atoms with E-state index in [1.807, 2.05) is 25.2 Å². The average molecular weight is 297 g/mol. The van der Waals surface area contributed by atoms with Gasteiger partial charge in [0, 0.05) is 17.5 Å². The highest BCUT2D eigenvalue weighted by Gasteiger charge is 2.28. The topological polar surface area (TPSA) is 47.0 Å². The van der Waals surface area contributed by atoms with Gasteiger partial charge in [-0.15, -0.1) is 11.3 Å². The maximum absolute atomic E-state index is 5.76. The van der Waals surface area contributed by atoms with Crippen molar-refractivity contribution >= 4 is 27.4 Å². The quantitative estimate of drug-likeness (QED) is 0.785. The summed E-state index contributed by atoms with van der Waals surface area (Å²) in [5, 5.41) is 4.28. The van der Waals surface area contributed by atoms with Crippen molar-refractivity contribution in [2.24, 2.45) is 0 Å². The number of fused-ring (bicyclic) bond motifs is 2. The van der Waals surface area contributed by atoms with Gasteiger partial charge >= 0.3 is 0 Å². The third kappa shape index (κ3) is 1.96. The third-order valence-corrected chi connectivity index (χ3v) is 4.73. The van der Waals surface area contributed by atoms with Gasteiger partial charge in [-0.2, -0.15) is 0 Å². The lowest BCUT2D eigenvalue weighted by molar-refractivity contribution is 0.340. The maximum atomic E-state index is 5.76. The average Bonchev–Trinajstić information content (AvgIpc) is 3.08. The molecular weight excluding hydrogens is 282 g/mol. The number of nitrogens with one attached hydrogen (secondary N) is 1. The lowest BCUT2D eigenvalue weighted by Crippen LogP contribution is -2.09. The first-order valence-electron chi connectivity index (χ1n) is 6.94. The Morgan fingerprint density at radius 2 is 2.14 bits per heavy atom. The number of hydrogen-bond donors (Lipinski definition) is 1. The standard InChI is InChI=1S/C16H15N3OS/c1-9-7-11-14(17-2)18-15(19-16(11)21-9)12-8-20-13-6-4-3-5-10(12)13/h3-7,12H,8H2,1-2H3,(H,17,18,19). The molecule has 0 spiro atoms. The Morgan fingerprint density at radius 3 is 3.00 bits per heavy atom. The molecule has 21 heavy (non-hydrogen) atoms. The minimum absolute atomic E-state index is 0.111. The number of para-hydroxylation sites is 1. The number of thiophene rings is 1. The van der Waals surface area contributed by atoms with Crippen molar-refractivity contribution in [3.8, 4) is 5.75 Å². The van der Waals surface area contributed by atoms with Gasteiger partial charge in [0.05, 0.1) is 11.3 Å². The van der Waals surface area contributed by atoms with E-state index in [2.05, 4.69) is 24.4 Å². The van der Waals surface area contributed by atoms with E-state index in [1.54, 1.807) is 11.3 Å². The molecule has 1 N–H and O–H groups in total. The van der Waals surface area contributed by atoms with Crippen LogP contribution in [0.15, 0.2) is 30.3 Å². The van der Waals surface area contributed by atoms with Crippen molar-refractivity contribution in [3.63, 3.8) is 0 Å². The zero-order chi connectivity index (χ0) is 14.4. The van der Waals surface area contributed by atoms with Crippen molar-refractivity contribution in [3.05, 3.63) is 46.6 Å². The summed E-state index contributed by atoms with van der Waals surface area (Å²) in [6.45, 7) is 2.71. The smallest absolute Gasteiger partial charge is 0.143 e. The summed E-state index contributed by atoms with van der Waals surface area (Å²) < 4.78 is 5.76. The van der Waals surface area contributed by atoms with E-state index in [-0.39, 0.29) is 5.92 Å². The number of aryl methyl sites for hydroxylation is 1. The number of hydrogen-bond acceptors (Lipinski definition) is 5. The Kier molecular flexibility index (Phi) is 2.82. The maximum Gasteiger partial charge on any atom is 0.143 e. The Morgan fingerprint density at radius 1 is 1.29 bits per heavy atom. The van der Waals surface area contributed by atoms with Gasteiger partial charge in [-0.25, -0.2) is 9.97 Å². The number of aromatic nitrogens is 2. The lowest BCUT2D eigenvalue weighted by atomic mass is 10.0. The number of rotatable bonds is 2. The number of benzene rings is 1. The van der Waals surface area contributed by atoms with Gasteiger partial charge in [0.25, 0.3) is 0 Å².